The zero-order chi connectivity index (χ0) is 13.1. The zero-order valence-electron chi connectivity index (χ0n) is 10.8. The van der Waals surface area contributed by atoms with Crippen molar-refractivity contribution in [2.24, 2.45) is 4.99 Å². The molecule has 0 aromatic heterocycles. The summed E-state index contributed by atoms with van der Waals surface area (Å²) >= 11 is 5.50. The molecular formula is C10H22N4Se2. The molecule has 4 nitrogen and oxygen atoms in total. The summed E-state index contributed by atoms with van der Waals surface area (Å²) < 4.78 is 1.50. The first-order valence-corrected chi connectivity index (χ1v) is 7.01. The van der Waals surface area contributed by atoms with Gasteiger partial charge in [0.15, 0.2) is 0 Å². The molecule has 6 heteroatoms. The summed E-state index contributed by atoms with van der Waals surface area (Å²) in [6.07, 6.45) is 0. The maximum atomic E-state index is 6.82. The minimum atomic E-state index is 0.468. The molecular weight excluding hydrogens is 334 g/mol. The van der Waals surface area contributed by atoms with Gasteiger partial charge in [-0.2, -0.15) is 0 Å². The van der Waals surface area contributed by atoms with Crippen LogP contribution >= 0.6 is 0 Å². The molecule has 0 bridgehead atoms. The van der Waals surface area contributed by atoms with E-state index in [2.05, 4.69) is 55.8 Å². The zero-order valence-corrected chi connectivity index (χ0v) is 14.2. The molecule has 0 rings (SSSR count). The average Bonchev–Trinajstić information content (AvgIpc) is 2.20. The van der Waals surface area contributed by atoms with E-state index >= 15 is 0 Å². The third-order valence-corrected chi connectivity index (χ3v) is 3.31. The summed E-state index contributed by atoms with van der Waals surface area (Å²) in [5.41, 5.74) is 0. The maximum absolute atomic E-state index is 6.82. The van der Waals surface area contributed by atoms with Gasteiger partial charge in [-0.15, -0.1) is 0 Å². The molecule has 0 aliphatic heterocycles. The minimum absolute atomic E-state index is 0.468. The first kappa shape index (κ1) is 18.3. The molecule has 94 valence electrons. The quantitative estimate of drug-likeness (QED) is 0.455. The van der Waals surface area contributed by atoms with Crippen molar-refractivity contribution in [3.63, 3.8) is 0 Å². The van der Waals surface area contributed by atoms with E-state index in [0.29, 0.717) is 4.73 Å². The van der Waals surface area contributed by atoms with Gasteiger partial charge in [0.25, 0.3) is 0 Å². The Bertz CT molecular complexity index is 213. The summed E-state index contributed by atoms with van der Waals surface area (Å²) in [6.45, 7) is 9.22. The van der Waals surface area contributed by atoms with Gasteiger partial charge in [-0.1, -0.05) is 0 Å². The van der Waals surface area contributed by atoms with Crippen LogP contribution in [0.3, 0.4) is 0 Å². The van der Waals surface area contributed by atoms with E-state index in [4.69, 9.17) is 5.41 Å². The molecule has 0 atom stereocenters. The van der Waals surface area contributed by atoms with Gasteiger partial charge in [-0.25, -0.2) is 0 Å². The Balaban J connectivity index is 0. The second kappa shape index (κ2) is 11.5. The van der Waals surface area contributed by atoms with Gasteiger partial charge in [-0.05, 0) is 0 Å². The Kier molecular flexibility index (Phi) is 13.1. The SMILES string of the molecule is CCN=C([Se])N(CC)CC.CN(C)C(=N)[Se]. The van der Waals surface area contributed by atoms with Crippen molar-refractivity contribution in [2.75, 3.05) is 33.7 Å². The van der Waals surface area contributed by atoms with Crippen molar-refractivity contribution in [2.45, 2.75) is 20.8 Å². The number of nitrogens with zero attached hydrogens (tertiary/aromatic N) is 3. The van der Waals surface area contributed by atoms with E-state index in [9.17, 15) is 0 Å². The van der Waals surface area contributed by atoms with Crippen molar-refractivity contribution >= 4 is 41.5 Å². The van der Waals surface area contributed by atoms with Gasteiger partial charge in [0.05, 0.1) is 0 Å². The van der Waals surface area contributed by atoms with Gasteiger partial charge in [-0.3, -0.25) is 0 Å². The van der Waals surface area contributed by atoms with E-state index in [0.717, 1.165) is 24.4 Å². The predicted molar refractivity (Wildman–Crippen MR) is 73.8 cm³/mol. The van der Waals surface area contributed by atoms with Crippen LogP contribution in [0.2, 0.25) is 0 Å². The summed E-state index contributed by atoms with van der Waals surface area (Å²) in [4.78, 5) is 8.15. The monoisotopic (exact) mass is 358 g/mol. The predicted octanol–water partition coefficient (Wildman–Crippen LogP) is 0.524. The topological polar surface area (TPSA) is 42.7 Å². The Morgan fingerprint density at radius 2 is 1.50 bits per heavy atom. The fourth-order valence-electron chi connectivity index (χ4n) is 0.729. The molecule has 1 N–H and O–H groups in total. The van der Waals surface area contributed by atoms with Crippen LogP contribution in [0.4, 0.5) is 0 Å². The molecule has 0 amide bonds. The van der Waals surface area contributed by atoms with E-state index in [1.165, 1.54) is 0 Å². The molecule has 0 saturated carbocycles. The van der Waals surface area contributed by atoms with Crippen molar-refractivity contribution in [1.29, 1.82) is 5.41 Å². The third-order valence-electron chi connectivity index (χ3n) is 1.73. The molecule has 0 aromatic rings. The fourth-order valence-corrected chi connectivity index (χ4v) is 1.54. The van der Waals surface area contributed by atoms with Crippen LogP contribution in [-0.2, 0) is 0 Å². The fraction of sp³-hybridized carbons (Fsp3) is 0.800. The van der Waals surface area contributed by atoms with Gasteiger partial charge in [0.1, 0.15) is 0 Å². The number of hydrogen-bond acceptors (Lipinski definition) is 2. The summed E-state index contributed by atoms with van der Waals surface area (Å²) in [5, 5.41) is 6.82. The molecule has 0 aliphatic rings. The Morgan fingerprint density at radius 1 is 1.12 bits per heavy atom. The average molecular weight is 356 g/mol. The van der Waals surface area contributed by atoms with Crippen molar-refractivity contribution in [1.82, 2.24) is 9.80 Å². The Morgan fingerprint density at radius 3 is 1.69 bits per heavy atom. The van der Waals surface area contributed by atoms with E-state index in [1.807, 2.05) is 21.0 Å². The van der Waals surface area contributed by atoms with Crippen molar-refractivity contribution in [3.8, 4) is 0 Å². The molecule has 0 aliphatic carbocycles. The van der Waals surface area contributed by atoms with Crippen LogP contribution in [-0.4, -0.2) is 85.0 Å². The van der Waals surface area contributed by atoms with Crippen LogP contribution in [0, 0.1) is 5.41 Å². The Labute approximate surface area is 116 Å². The van der Waals surface area contributed by atoms with Gasteiger partial charge >= 0.3 is 116 Å². The van der Waals surface area contributed by atoms with Crippen molar-refractivity contribution < 1.29 is 0 Å². The van der Waals surface area contributed by atoms with Crippen LogP contribution < -0.4 is 0 Å². The Hall–Kier alpha value is -0.0210. The normalized spacial score (nSPS) is 10.2. The number of nitrogens with one attached hydrogen (secondary N) is 1. The standard InChI is InChI=1S/C7H15N2Se.C3H7N2Se/c1-4-8-7(10)9(5-2)6-3;1-5(2)3(4)6/h4-6H2,1-3H3;4H,1-2H3. The molecule has 0 saturated heterocycles. The number of rotatable bonds is 3. The number of aliphatic imine (C=N–C) groups is 1. The summed E-state index contributed by atoms with van der Waals surface area (Å²) in [7, 11) is 3.64. The van der Waals surface area contributed by atoms with Crippen LogP contribution in [0.25, 0.3) is 0 Å². The van der Waals surface area contributed by atoms with E-state index in [-0.39, 0.29) is 0 Å². The summed E-state index contributed by atoms with van der Waals surface area (Å²) in [5.74, 6) is 0. The van der Waals surface area contributed by atoms with Gasteiger partial charge in [0, 0.05) is 0 Å². The van der Waals surface area contributed by atoms with Gasteiger partial charge in [0.2, 0.25) is 0 Å². The number of amidine groups is 2. The molecule has 2 radical (unpaired) electrons. The molecule has 16 heavy (non-hydrogen) atoms. The molecule has 0 aromatic carbocycles. The molecule has 0 spiro atoms. The first-order chi connectivity index (χ1) is 7.40. The molecule has 0 unspecified atom stereocenters. The number of hydrogen-bond donors (Lipinski definition) is 1. The van der Waals surface area contributed by atoms with Gasteiger partial charge < -0.3 is 0 Å². The first-order valence-electron chi connectivity index (χ1n) is 5.29. The van der Waals surface area contributed by atoms with Crippen LogP contribution in [0.1, 0.15) is 20.8 Å². The second-order valence-electron chi connectivity index (χ2n) is 3.13. The van der Waals surface area contributed by atoms with Crippen LogP contribution in [0.15, 0.2) is 4.99 Å². The van der Waals surface area contributed by atoms with E-state index < -0.39 is 0 Å². The van der Waals surface area contributed by atoms with E-state index in [1.54, 1.807) is 4.90 Å². The summed E-state index contributed by atoms with van der Waals surface area (Å²) in [6, 6.07) is 0. The molecule has 0 heterocycles. The second-order valence-corrected chi connectivity index (χ2v) is 4.71. The third kappa shape index (κ3) is 10.5. The van der Waals surface area contributed by atoms with Crippen LogP contribution in [0.5, 0.6) is 0 Å². The molecule has 0 fully saturated rings. The van der Waals surface area contributed by atoms with Crippen molar-refractivity contribution in [3.05, 3.63) is 0 Å².